The van der Waals surface area contributed by atoms with E-state index in [0.29, 0.717) is 17.9 Å². The predicted molar refractivity (Wildman–Crippen MR) is 60.5 cm³/mol. The highest BCUT2D eigenvalue weighted by Crippen LogP contribution is 2.31. The minimum absolute atomic E-state index is 0.354. The molecule has 2 unspecified atom stereocenters. The summed E-state index contributed by atoms with van der Waals surface area (Å²) < 4.78 is 37.0. The van der Waals surface area contributed by atoms with Crippen LogP contribution in [0.2, 0.25) is 0 Å². The predicted octanol–water partition coefficient (Wildman–Crippen LogP) is 4.18. The summed E-state index contributed by atoms with van der Waals surface area (Å²) in [5, 5.41) is 9.83. The molecule has 0 bridgehead atoms. The van der Waals surface area contributed by atoms with Crippen LogP contribution in [-0.4, -0.2) is 5.11 Å². The number of hydrogen-bond donors (Lipinski definition) is 1. The Bertz CT molecular complexity index is 343. The van der Waals surface area contributed by atoms with Crippen LogP contribution in [0.15, 0.2) is 24.3 Å². The van der Waals surface area contributed by atoms with Crippen LogP contribution in [0, 0.1) is 5.92 Å². The summed E-state index contributed by atoms with van der Waals surface area (Å²) in [7, 11) is 0. The Balaban J connectivity index is 2.74. The molecule has 2 atom stereocenters. The van der Waals surface area contributed by atoms with Gasteiger partial charge in [-0.15, -0.1) is 0 Å². The summed E-state index contributed by atoms with van der Waals surface area (Å²) >= 11 is 0. The SMILES string of the molecule is CCC(C)CC(O)c1ccc(C(F)(F)F)cc1. The lowest BCUT2D eigenvalue weighted by Crippen LogP contribution is -2.07. The van der Waals surface area contributed by atoms with E-state index in [-0.39, 0.29) is 0 Å². The minimum Gasteiger partial charge on any atom is -0.388 e. The molecule has 0 aliphatic heterocycles. The van der Waals surface area contributed by atoms with Gasteiger partial charge in [0, 0.05) is 0 Å². The molecule has 0 aromatic heterocycles. The average Bonchev–Trinajstić information content (AvgIpc) is 2.27. The zero-order valence-electron chi connectivity index (χ0n) is 9.96. The van der Waals surface area contributed by atoms with Crippen molar-refractivity contribution in [3.05, 3.63) is 35.4 Å². The van der Waals surface area contributed by atoms with Crippen molar-refractivity contribution >= 4 is 0 Å². The molecule has 0 spiro atoms. The molecule has 1 N–H and O–H groups in total. The molecule has 1 aromatic rings. The molecule has 0 heterocycles. The summed E-state index contributed by atoms with van der Waals surface area (Å²) in [5.41, 5.74) is -0.143. The van der Waals surface area contributed by atoms with Gasteiger partial charge < -0.3 is 5.11 Å². The Morgan fingerprint density at radius 3 is 2.12 bits per heavy atom. The summed E-state index contributed by atoms with van der Waals surface area (Å²) in [4.78, 5) is 0. The zero-order valence-corrected chi connectivity index (χ0v) is 9.96. The highest BCUT2D eigenvalue weighted by atomic mass is 19.4. The van der Waals surface area contributed by atoms with Crippen molar-refractivity contribution in [1.82, 2.24) is 0 Å². The third kappa shape index (κ3) is 4.04. The van der Waals surface area contributed by atoms with Crippen LogP contribution < -0.4 is 0 Å². The summed E-state index contributed by atoms with van der Waals surface area (Å²) in [6.45, 7) is 4.03. The first-order chi connectivity index (χ1) is 7.84. The van der Waals surface area contributed by atoms with Gasteiger partial charge in [0.25, 0.3) is 0 Å². The maximum Gasteiger partial charge on any atom is 0.416 e. The summed E-state index contributed by atoms with van der Waals surface area (Å²) in [6.07, 6.45) is -3.49. The smallest absolute Gasteiger partial charge is 0.388 e. The van der Waals surface area contributed by atoms with Gasteiger partial charge in [0.15, 0.2) is 0 Å². The van der Waals surface area contributed by atoms with Crippen LogP contribution in [0.5, 0.6) is 0 Å². The van der Waals surface area contributed by atoms with Gasteiger partial charge in [-0.1, -0.05) is 32.4 Å². The van der Waals surface area contributed by atoms with Gasteiger partial charge in [-0.05, 0) is 30.0 Å². The normalized spacial score (nSPS) is 15.6. The average molecular weight is 246 g/mol. The van der Waals surface area contributed by atoms with Crippen molar-refractivity contribution in [3.63, 3.8) is 0 Å². The third-order valence-electron chi connectivity index (χ3n) is 2.95. The van der Waals surface area contributed by atoms with Crippen LogP contribution in [0.25, 0.3) is 0 Å². The maximum absolute atomic E-state index is 12.3. The lowest BCUT2D eigenvalue weighted by Gasteiger charge is -2.16. The maximum atomic E-state index is 12.3. The quantitative estimate of drug-likeness (QED) is 0.845. The van der Waals surface area contributed by atoms with Gasteiger partial charge in [-0.3, -0.25) is 0 Å². The van der Waals surface area contributed by atoms with Gasteiger partial charge >= 0.3 is 6.18 Å². The number of benzene rings is 1. The van der Waals surface area contributed by atoms with Gasteiger partial charge in [0.1, 0.15) is 0 Å². The van der Waals surface area contributed by atoms with E-state index in [4.69, 9.17) is 0 Å². The topological polar surface area (TPSA) is 20.2 Å². The van der Waals surface area contributed by atoms with E-state index in [0.717, 1.165) is 18.6 Å². The second-order valence-electron chi connectivity index (χ2n) is 4.38. The van der Waals surface area contributed by atoms with Crippen LogP contribution in [0.4, 0.5) is 13.2 Å². The molecule has 0 aliphatic rings. The van der Waals surface area contributed by atoms with E-state index in [1.54, 1.807) is 0 Å². The van der Waals surface area contributed by atoms with E-state index < -0.39 is 17.8 Å². The Kier molecular flexibility index (Phi) is 4.57. The Labute approximate surface area is 99.3 Å². The monoisotopic (exact) mass is 246 g/mol. The van der Waals surface area contributed by atoms with E-state index >= 15 is 0 Å². The molecule has 1 aromatic carbocycles. The van der Waals surface area contributed by atoms with Crippen LogP contribution in [0.3, 0.4) is 0 Å². The Morgan fingerprint density at radius 2 is 1.71 bits per heavy atom. The molecule has 0 saturated carbocycles. The van der Waals surface area contributed by atoms with Crippen molar-refractivity contribution in [2.24, 2.45) is 5.92 Å². The number of hydrogen-bond acceptors (Lipinski definition) is 1. The van der Waals surface area contributed by atoms with Gasteiger partial charge in [0.2, 0.25) is 0 Å². The molecule has 17 heavy (non-hydrogen) atoms. The summed E-state index contributed by atoms with van der Waals surface area (Å²) in [5.74, 6) is 0.354. The highest BCUT2D eigenvalue weighted by molar-refractivity contribution is 5.26. The standard InChI is InChI=1S/C13H17F3O/c1-3-9(2)8-12(17)10-4-6-11(7-5-10)13(14,15)16/h4-7,9,12,17H,3,8H2,1-2H3. The van der Waals surface area contributed by atoms with Crippen molar-refractivity contribution in [2.75, 3.05) is 0 Å². The second-order valence-corrected chi connectivity index (χ2v) is 4.38. The Hall–Kier alpha value is -1.03. The molecule has 0 fully saturated rings. The first-order valence-electron chi connectivity index (χ1n) is 5.69. The first kappa shape index (κ1) is 14.0. The van der Waals surface area contributed by atoms with Crippen LogP contribution in [0.1, 0.15) is 43.9 Å². The number of alkyl halides is 3. The van der Waals surface area contributed by atoms with Crippen LogP contribution in [-0.2, 0) is 6.18 Å². The molecule has 0 saturated heterocycles. The zero-order chi connectivity index (χ0) is 13.1. The van der Waals surface area contributed by atoms with E-state index in [9.17, 15) is 18.3 Å². The second kappa shape index (κ2) is 5.54. The van der Waals surface area contributed by atoms with Crippen molar-refractivity contribution in [2.45, 2.75) is 39.0 Å². The fourth-order valence-corrected chi connectivity index (χ4v) is 1.58. The lowest BCUT2D eigenvalue weighted by atomic mass is 9.96. The fraction of sp³-hybridized carbons (Fsp3) is 0.538. The molecule has 1 nitrogen and oxygen atoms in total. The molecule has 0 amide bonds. The first-order valence-corrected chi connectivity index (χ1v) is 5.69. The molecule has 0 radical (unpaired) electrons. The van der Waals surface area contributed by atoms with E-state index in [1.165, 1.54) is 12.1 Å². The van der Waals surface area contributed by atoms with Crippen molar-refractivity contribution < 1.29 is 18.3 Å². The molecule has 0 aliphatic carbocycles. The number of aliphatic hydroxyl groups is 1. The van der Waals surface area contributed by atoms with Crippen LogP contribution >= 0.6 is 0 Å². The largest absolute Gasteiger partial charge is 0.416 e. The molecule has 4 heteroatoms. The molecular formula is C13H17F3O. The lowest BCUT2D eigenvalue weighted by molar-refractivity contribution is -0.137. The fourth-order valence-electron chi connectivity index (χ4n) is 1.58. The number of aliphatic hydroxyl groups excluding tert-OH is 1. The number of rotatable bonds is 4. The minimum atomic E-state index is -4.32. The van der Waals surface area contributed by atoms with Gasteiger partial charge in [-0.25, -0.2) is 0 Å². The van der Waals surface area contributed by atoms with Crippen molar-refractivity contribution in [3.8, 4) is 0 Å². The third-order valence-corrected chi connectivity index (χ3v) is 2.95. The highest BCUT2D eigenvalue weighted by Gasteiger charge is 2.30. The molecule has 96 valence electrons. The summed E-state index contributed by atoms with van der Waals surface area (Å²) in [6, 6.07) is 4.70. The van der Waals surface area contributed by atoms with Crippen molar-refractivity contribution in [1.29, 1.82) is 0 Å². The van der Waals surface area contributed by atoms with E-state index in [1.807, 2.05) is 13.8 Å². The van der Waals surface area contributed by atoms with Gasteiger partial charge in [-0.2, -0.15) is 13.2 Å². The number of halogens is 3. The Morgan fingerprint density at radius 1 is 1.18 bits per heavy atom. The molecule has 1 rings (SSSR count). The van der Waals surface area contributed by atoms with E-state index in [2.05, 4.69) is 0 Å². The van der Waals surface area contributed by atoms with Gasteiger partial charge in [0.05, 0.1) is 11.7 Å². The molecular weight excluding hydrogens is 229 g/mol.